The van der Waals surface area contributed by atoms with E-state index in [1.807, 2.05) is 6.92 Å². The number of anilines is 2. The van der Waals surface area contributed by atoms with E-state index in [0.29, 0.717) is 17.9 Å². The molecule has 1 aromatic rings. The number of aryl methyl sites for hydroxylation is 1. The first-order valence-corrected chi connectivity index (χ1v) is 5.16. The smallest absolute Gasteiger partial charge is 0.225 e. The van der Waals surface area contributed by atoms with Crippen molar-refractivity contribution in [1.82, 2.24) is 4.98 Å². The Balaban J connectivity index is 2.57. The van der Waals surface area contributed by atoms with Gasteiger partial charge in [-0.3, -0.25) is 4.79 Å². The molecule has 0 atom stereocenters. The van der Waals surface area contributed by atoms with Crippen molar-refractivity contribution in [2.75, 3.05) is 11.1 Å². The highest BCUT2D eigenvalue weighted by Crippen LogP contribution is 2.12. The molecule has 0 spiro atoms. The molecule has 0 unspecified atom stereocenters. The van der Waals surface area contributed by atoms with Crippen LogP contribution in [0.5, 0.6) is 0 Å². The van der Waals surface area contributed by atoms with Gasteiger partial charge in [0.15, 0.2) is 0 Å². The summed E-state index contributed by atoms with van der Waals surface area (Å²) in [6, 6.07) is 3.46. The Labute approximate surface area is 89.9 Å². The van der Waals surface area contributed by atoms with Crippen LogP contribution in [0.2, 0.25) is 0 Å². The SMILES string of the molecule is CCCCC(=O)Nc1ccc(N)c(C)n1. The molecule has 0 aliphatic heterocycles. The first kappa shape index (κ1) is 11.5. The van der Waals surface area contributed by atoms with Gasteiger partial charge in [0.2, 0.25) is 5.91 Å². The van der Waals surface area contributed by atoms with Crippen LogP contribution in [0.1, 0.15) is 31.9 Å². The van der Waals surface area contributed by atoms with Crippen molar-refractivity contribution in [1.29, 1.82) is 0 Å². The molecule has 4 nitrogen and oxygen atoms in total. The third-order valence-electron chi connectivity index (χ3n) is 2.15. The fourth-order valence-electron chi connectivity index (χ4n) is 1.18. The number of nitrogens with one attached hydrogen (secondary N) is 1. The second kappa shape index (κ2) is 5.34. The van der Waals surface area contributed by atoms with E-state index >= 15 is 0 Å². The van der Waals surface area contributed by atoms with Gasteiger partial charge in [-0.2, -0.15) is 0 Å². The molecule has 0 saturated heterocycles. The topological polar surface area (TPSA) is 68.0 Å². The number of nitrogens with two attached hydrogens (primary N) is 1. The molecule has 4 heteroatoms. The molecule has 0 saturated carbocycles. The molecule has 3 N–H and O–H groups in total. The van der Waals surface area contributed by atoms with Crippen LogP contribution < -0.4 is 11.1 Å². The van der Waals surface area contributed by atoms with E-state index < -0.39 is 0 Å². The molecule has 0 aliphatic carbocycles. The van der Waals surface area contributed by atoms with Gasteiger partial charge in [-0.15, -0.1) is 0 Å². The van der Waals surface area contributed by atoms with Gasteiger partial charge in [0.25, 0.3) is 0 Å². The van der Waals surface area contributed by atoms with E-state index in [1.165, 1.54) is 0 Å². The molecule has 0 aromatic carbocycles. The van der Waals surface area contributed by atoms with Crippen LogP contribution in [0.4, 0.5) is 11.5 Å². The summed E-state index contributed by atoms with van der Waals surface area (Å²) in [5, 5.41) is 2.74. The molecule has 1 rings (SSSR count). The van der Waals surface area contributed by atoms with Gasteiger partial charge in [0, 0.05) is 6.42 Å². The second-order valence-electron chi connectivity index (χ2n) is 3.52. The maximum Gasteiger partial charge on any atom is 0.225 e. The van der Waals surface area contributed by atoms with Crippen LogP contribution in [-0.2, 0) is 4.79 Å². The highest BCUT2D eigenvalue weighted by Gasteiger charge is 2.03. The summed E-state index contributed by atoms with van der Waals surface area (Å²) >= 11 is 0. The largest absolute Gasteiger partial charge is 0.397 e. The molecule has 0 bridgehead atoms. The number of unbranched alkanes of at least 4 members (excludes halogenated alkanes) is 1. The Hall–Kier alpha value is -1.58. The summed E-state index contributed by atoms with van der Waals surface area (Å²) in [7, 11) is 0. The molecule has 1 heterocycles. The number of carbonyl (C=O) groups is 1. The number of rotatable bonds is 4. The second-order valence-corrected chi connectivity index (χ2v) is 3.52. The maximum absolute atomic E-state index is 11.4. The highest BCUT2D eigenvalue weighted by atomic mass is 16.1. The van der Waals surface area contributed by atoms with Crippen LogP contribution in [0.3, 0.4) is 0 Å². The zero-order chi connectivity index (χ0) is 11.3. The van der Waals surface area contributed by atoms with Crippen molar-refractivity contribution in [3.8, 4) is 0 Å². The van der Waals surface area contributed by atoms with Gasteiger partial charge >= 0.3 is 0 Å². The fourth-order valence-corrected chi connectivity index (χ4v) is 1.18. The summed E-state index contributed by atoms with van der Waals surface area (Å²) < 4.78 is 0. The Morgan fingerprint density at radius 1 is 1.53 bits per heavy atom. The minimum Gasteiger partial charge on any atom is -0.397 e. The summed E-state index contributed by atoms with van der Waals surface area (Å²) in [5.74, 6) is 0.580. The average molecular weight is 207 g/mol. The predicted octanol–water partition coefficient (Wildman–Crippen LogP) is 2.10. The van der Waals surface area contributed by atoms with Crippen LogP contribution in [-0.4, -0.2) is 10.9 Å². The van der Waals surface area contributed by atoms with Gasteiger partial charge < -0.3 is 11.1 Å². The number of nitrogens with zero attached hydrogens (tertiary/aromatic N) is 1. The van der Waals surface area contributed by atoms with E-state index in [4.69, 9.17) is 5.73 Å². The van der Waals surface area contributed by atoms with E-state index in [1.54, 1.807) is 12.1 Å². The molecular weight excluding hydrogens is 190 g/mol. The van der Waals surface area contributed by atoms with E-state index in [2.05, 4.69) is 17.2 Å². The van der Waals surface area contributed by atoms with Crippen molar-refractivity contribution >= 4 is 17.4 Å². The number of aromatic nitrogens is 1. The maximum atomic E-state index is 11.4. The fraction of sp³-hybridized carbons (Fsp3) is 0.455. The summed E-state index contributed by atoms with van der Waals surface area (Å²) in [5.41, 5.74) is 7.00. The van der Waals surface area contributed by atoms with E-state index in [9.17, 15) is 4.79 Å². The molecule has 1 aromatic heterocycles. The third-order valence-corrected chi connectivity index (χ3v) is 2.15. The average Bonchev–Trinajstić information content (AvgIpc) is 2.20. The van der Waals surface area contributed by atoms with Crippen molar-refractivity contribution in [3.63, 3.8) is 0 Å². The normalized spacial score (nSPS) is 10.0. The number of nitrogen functional groups attached to an aromatic ring is 1. The third kappa shape index (κ3) is 3.58. The molecule has 0 fully saturated rings. The van der Waals surface area contributed by atoms with Gasteiger partial charge in [0.05, 0.1) is 11.4 Å². The number of amides is 1. The minimum absolute atomic E-state index is 0.00789. The zero-order valence-electron chi connectivity index (χ0n) is 9.21. The van der Waals surface area contributed by atoms with E-state index in [0.717, 1.165) is 18.5 Å². The summed E-state index contributed by atoms with van der Waals surface area (Å²) in [6.45, 7) is 3.87. The van der Waals surface area contributed by atoms with Gasteiger partial charge in [-0.25, -0.2) is 4.98 Å². The lowest BCUT2D eigenvalue weighted by atomic mass is 10.2. The quantitative estimate of drug-likeness (QED) is 0.794. The number of hydrogen-bond acceptors (Lipinski definition) is 3. The van der Waals surface area contributed by atoms with Gasteiger partial charge in [0.1, 0.15) is 5.82 Å². The van der Waals surface area contributed by atoms with Crippen LogP contribution in [0.25, 0.3) is 0 Å². The Morgan fingerprint density at radius 3 is 2.87 bits per heavy atom. The standard InChI is InChI=1S/C11H17N3O/c1-3-4-5-11(15)14-10-7-6-9(12)8(2)13-10/h6-7H,3-5,12H2,1-2H3,(H,13,14,15). The number of carbonyl (C=O) groups excluding carboxylic acids is 1. The minimum atomic E-state index is 0.00789. The van der Waals surface area contributed by atoms with Crippen LogP contribution >= 0.6 is 0 Å². The molecule has 0 aliphatic rings. The molecule has 0 radical (unpaired) electrons. The first-order chi connectivity index (χ1) is 7.13. The lowest BCUT2D eigenvalue weighted by Gasteiger charge is -2.05. The lowest BCUT2D eigenvalue weighted by molar-refractivity contribution is -0.116. The Morgan fingerprint density at radius 2 is 2.27 bits per heavy atom. The number of hydrogen-bond donors (Lipinski definition) is 2. The molecule has 82 valence electrons. The monoisotopic (exact) mass is 207 g/mol. The molecular formula is C11H17N3O. The predicted molar refractivity (Wildman–Crippen MR) is 61.5 cm³/mol. The molecule has 15 heavy (non-hydrogen) atoms. The lowest BCUT2D eigenvalue weighted by Crippen LogP contribution is -2.12. The van der Waals surface area contributed by atoms with Crippen molar-refractivity contribution in [2.24, 2.45) is 0 Å². The highest BCUT2D eigenvalue weighted by molar-refractivity contribution is 5.89. The number of pyridine rings is 1. The van der Waals surface area contributed by atoms with Crippen molar-refractivity contribution in [3.05, 3.63) is 17.8 Å². The van der Waals surface area contributed by atoms with Crippen LogP contribution in [0.15, 0.2) is 12.1 Å². The van der Waals surface area contributed by atoms with Crippen molar-refractivity contribution in [2.45, 2.75) is 33.1 Å². The van der Waals surface area contributed by atoms with Crippen LogP contribution in [0, 0.1) is 6.92 Å². The Kier molecular flexibility index (Phi) is 4.09. The first-order valence-electron chi connectivity index (χ1n) is 5.16. The zero-order valence-corrected chi connectivity index (χ0v) is 9.21. The Bertz CT molecular complexity index is 350. The summed E-state index contributed by atoms with van der Waals surface area (Å²) in [6.07, 6.45) is 2.46. The summed E-state index contributed by atoms with van der Waals surface area (Å²) in [4.78, 5) is 15.5. The van der Waals surface area contributed by atoms with Crippen molar-refractivity contribution < 1.29 is 4.79 Å². The molecule has 1 amide bonds. The van der Waals surface area contributed by atoms with Gasteiger partial charge in [-0.1, -0.05) is 13.3 Å². The van der Waals surface area contributed by atoms with Gasteiger partial charge in [-0.05, 0) is 25.5 Å². The van der Waals surface area contributed by atoms with E-state index in [-0.39, 0.29) is 5.91 Å².